The van der Waals surface area contributed by atoms with E-state index in [2.05, 4.69) is 0 Å². The summed E-state index contributed by atoms with van der Waals surface area (Å²) < 4.78 is 0. The van der Waals surface area contributed by atoms with E-state index in [0.29, 0.717) is 5.75 Å². The molecule has 0 spiro atoms. The predicted octanol–water partition coefficient (Wildman–Crippen LogP) is 0.792. The number of aliphatic hydroxyl groups excluding tert-OH is 1. The van der Waals surface area contributed by atoms with Gasteiger partial charge in [0.1, 0.15) is 5.38 Å². The number of hydrogen-bond acceptors (Lipinski definition) is 3. The maximum Gasteiger partial charge on any atom is 0.322 e. The Morgan fingerprint density at radius 2 is 2.27 bits per heavy atom. The van der Waals surface area contributed by atoms with Gasteiger partial charge in [0.05, 0.1) is 6.61 Å². The van der Waals surface area contributed by atoms with Gasteiger partial charge in [-0.3, -0.25) is 4.79 Å². The molecular formula is C6H11ClO3S. The zero-order valence-electron chi connectivity index (χ0n) is 6.16. The van der Waals surface area contributed by atoms with Crippen LogP contribution in [0, 0.1) is 0 Å². The summed E-state index contributed by atoms with van der Waals surface area (Å²) in [5.41, 5.74) is 0. The molecule has 0 bridgehead atoms. The molecule has 2 atom stereocenters. The summed E-state index contributed by atoms with van der Waals surface area (Å²) in [4.78, 5) is 10.2. The summed E-state index contributed by atoms with van der Waals surface area (Å²) in [7, 11) is 0. The summed E-state index contributed by atoms with van der Waals surface area (Å²) in [5.74, 6) is -0.678. The molecular weight excluding hydrogens is 188 g/mol. The number of carbonyl (C=O) groups is 1. The van der Waals surface area contributed by atoms with E-state index in [9.17, 15) is 4.79 Å². The minimum absolute atomic E-state index is 0.0495. The molecule has 11 heavy (non-hydrogen) atoms. The van der Waals surface area contributed by atoms with E-state index in [0.717, 1.165) is 0 Å². The molecule has 0 radical (unpaired) electrons. The molecule has 2 N–H and O–H groups in total. The highest BCUT2D eigenvalue weighted by atomic mass is 35.5. The Kier molecular flexibility index (Phi) is 5.72. The van der Waals surface area contributed by atoms with Gasteiger partial charge in [0.25, 0.3) is 0 Å². The quantitative estimate of drug-likeness (QED) is 0.642. The summed E-state index contributed by atoms with van der Waals surface area (Å²) in [6.07, 6.45) is 0. The third kappa shape index (κ3) is 5.35. The van der Waals surface area contributed by atoms with Crippen LogP contribution >= 0.6 is 23.4 Å². The van der Waals surface area contributed by atoms with Crippen LogP contribution in [0.2, 0.25) is 0 Å². The van der Waals surface area contributed by atoms with E-state index in [-0.39, 0.29) is 11.9 Å². The van der Waals surface area contributed by atoms with Gasteiger partial charge in [0, 0.05) is 11.0 Å². The normalized spacial score (nSPS) is 15.9. The molecule has 0 heterocycles. The fraction of sp³-hybridized carbons (Fsp3) is 0.833. The monoisotopic (exact) mass is 198 g/mol. The molecule has 3 nitrogen and oxygen atoms in total. The SMILES string of the molecule is CC(CO)SCC(Cl)C(=O)O. The van der Waals surface area contributed by atoms with E-state index >= 15 is 0 Å². The van der Waals surface area contributed by atoms with E-state index in [1.807, 2.05) is 6.92 Å². The molecule has 0 aromatic heterocycles. The highest BCUT2D eigenvalue weighted by Crippen LogP contribution is 2.13. The van der Waals surface area contributed by atoms with Crippen molar-refractivity contribution < 1.29 is 15.0 Å². The van der Waals surface area contributed by atoms with Crippen molar-refractivity contribution in [1.29, 1.82) is 0 Å². The van der Waals surface area contributed by atoms with E-state index in [4.69, 9.17) is 21.8 Å². The summed E-state index contributed by atoms with van der Waals surface area (Å²) in [6.45, 7) is 1.87. The molecule has 0 aliphatic heterocycles. The largest absolute Gasteiger partial charge is 0.480 e. The standard InChI is InChI=1S/C6H11ClO3S/c1-4(2-8)11-3-5(7)6(9)10/h4-5,8H,2-3H2,1H3,(H,9,10). The van der Waals surface area contributed by atoms with Crippen molar-refractivity contribution >= 4 is 29.3 Å². The third-order valence-electron chi connectivity index (χ3n) is 1.05. The van der Waals surface area contributed by atoms with Gasteiger partial charge < -0.3 is 10.2 Å². The zero-order chi connectivity index (χ0) is 8.85. The Morgan fingerprint density at radius 3 is 2.64 bits per heavy atom. The lowest BCUT2D eigenvalue weighted by atomic mass is 10.5. The lowest BCUT2D eigenvalue weighted by molar-refractivity contribution is -0.136. The van der Waals surface area contributed by atoms with Gasteiger partial charge in [-0.15, -0.1) is 11.6 Å². The molecule has 0 aliphatic rings. The molecule has 5 heteroatoms. The number of carboxylic acid groups (broad SMARTS) is 1. The second-order valence-corrected chi connectivity index (χ2v) is 4.13. The van der Waals surface area contributed by atoms with Crippen LogP contribution in [0.4, 0.5) is 0 Å². The van der Waals surface area contributed by atoms with Crippen molar-refractivity contribution in [3.63, 3.8) is 0 Å². The average molecular weight is 199 g/mol. The molecule has 0 aliphatic carbocycles. The Labute approximate surface area is 74.7 Å². The molecule has 0 saturated heterocycles. The highest BCUT2D eigenvalue weighted by molar-refractivity contribution is 8.00. The van der Waals surface area contributed by atoms with Gasteiger partial charge in [-0.25, -0.2) is 0 Å². The number of thioether (sulfide) groups is 1. The number of halogens is 1. The van der Waals surface area contributed by atoms with Crippen molar-refractivity contribution in [1.82, 2.24) is 0 Å². The van der Waals surface area contributed by atoms with Crippen LogP contribution in [0.3, 0.4) is 0 Å². The molecule has 66 valence electrons. The number of alkyl halides is 1. The minimum atomic E-state index is -1.01. The Morgan fingerprint density at radius 1 is 1.73 bits per heavy atom. The fourth-order valence-corrected chi connectivity index (χ4v) is 1.34. The Balaban J connectivity index is 3.45. The van der Waals surface area contributed by atoms with Crippen molar-refractivity contribution in [3.8, 4) is 0 Å². The van der Waals surface area contributed by atoms with Crippen LogP contribution in [0.1, 0.15) is 6.92 Å². The lowest BCUT2D eigenvalue weighted by Crippen LogP contribution is -2.18. The van der Waals surface area contributed by atoms with E-state index < -0.39 is 11.3 Å². The number of carboxylic acids is 1. The average Bonchev–Trinajstić information content (AvgIpc) is 1.99. The first-order valence-electron chi connectivity index (χ1n) is 3.17. The molecule has 0 rings (SSSR count). The minimum Gasteiger partial charge on any atom is -0.480 e. The van der Waals surface area contributed by atoms with Gasteiger partial charge in [-0.2, -0.15) is 11.8 Å². The fourth-order valence-electron chi connectivity index (χ4n) is 0.373. The summed E-state index contributed by atoms with van der Waals surface area (Å²) in [5, 5.41) is 16.1. The van der Waals surface area contributed by atoms with Crippen molar-refractivity contribution in [3.05, 3.63) is 0 Å². The molecule has 0 aromatic carbocycles. The van der Waals surface area contributed by atoms with Gasteiger partial charge >= 0.3 is 5.97 Å². The number of hydrogen-bond donors (Lipinski definition) is 2. The van der Waals surface area contributed by atoms with Crippen LogP contribution in [0.15, 0.2) is 0 Å². The van der Waals surface area contributed by atoms with E-state index in [1.54, 1.807) is 0 Å². The molecule has 0 amide bonds. The van der Waals surface area contributed by atoms with Crippen molar-refractivity contribution in [2.45, 2.75) is 17.6 Å². The summed E-state index contributed by atoms with van der Waals surface area (Å²) in [6, 6.07) is 0. The first-order valence-corrected chi connectivity index (χ1v) is 4.65. The van der Waals surface area contributed by atoms with Crippen molar-refractivity contribution in [2.24, 2.45) is 0 Å². The Hall–Kier alpha value is 0.0700. The number of aliphatic hydroxyl groups is 1. The van der Waals surface area contributed by atoms with Gasteiger partial charge in [-0.05, 0) is 0 Å². The van der Waals surface area contributed by atoms with Gasteiger partial charge in [0.15, 0.2) is 0 Å². The number of aliphatic carboxylic acids is 1. The second kappa shape index (κ2) is 5.69. The second-order valence-electron chi connectivity index (χ2n) is 2.13. The first kappa shape index (κ1) is 11.1. The topological polar surface area (TPSA) is 57.5 Å². The van der Waals surface area contributed by atoms with Crippen LogP contribution < -0.4 is 0 Å². The Bertz CT molecular complexity index is 131. The maximum atomic E-state index is 10.2. The maximum absolute atomic E-state index is 10.2. The lowest BCUT2D eigenvalue weighted by Gasteiger charge is -2.08. The van der Waals surface area contributed by atoms with Crippen LogP contribution in [-0.4, -0.2) is 39.2 Å². The van der Waals surface area contributed by atoms with E-state index in [1.165, 1.54) is 11.8 Å². The molecule has 0 fully saturated rings. The smallest absolute Gasteiger partial charge is 0.322 e. The highest BCUT2D eigenvalue weighted by Gasteiger charge is 2.14. The molecule has 2 unspecified atom stereocenters. The van der Waals surface area contributed by atoms with Crippen LogP contribution in [0.5, 0.6) is 0 Å². The van der Waals surface area contributed by atoms with Crippen molar-refractivity contribution in [2.75, 3.05) is 12.4 Å². The van der Waals surface area contributed by atoms with Gasteiger partial charge in [-0.1, -0.05) is 6.92 Å². The predicted molar refractivity (Wildman–Crippen MR) is 46.3 cm³/mol. The van der Waals surface area contributed by atoms with Crippen LogP contribution in [0.25, 0.3) is 0 Å². The number of rotatable bonds is 5. The third-order valence-corrected chi connectivity index (χ3v) is 2.82. The van der Waals surface area contributed by atoms with Gasteiger partial charge in [0.2, 0.25) is 0 Å². The molecule has 0 aromatic rings. The first-order chi connectivity index (χ1) is 5.07. The zero-order valence-corrected chi connectivity index (χ0v) is 7.73. The molecule has 0 saturated carbocycles. The van der Waals surface area contributed by atoms with Crippen LogP contribution in [-0.2, 0) is 4.79 Å². The summed E-state index contributed by atoms with van der Waals surface area (Å²) >= 11 is 6.76.